The minimum absolute atomic E-state index is 0.0701. The van der Waals surface area contributed by atoms with E-state index in [0.717, 1.165) is 12.0 Å². The van der Waals surface area contributed by atoms with Gasteiger partial charge in [0.1, 0.15) is 5.75 Å². The van der Waals surface area contributed by atoms with E-state index in [0.29, 0.717) is 19.0 Å². The molecule has 100 valence electrons. The molecule has 1 aromatic carbocycles. The number of ether oxygens (including phenoxy) is 2. The monoisotopic (exact) mass is 270 g/mol. The van der Waals surface area contributed by atoms with E-state index >= 15 is 0 Å². The number of methoxy groups -OCH3 is 1. The zero-order valence-corrected chi connectivity index (χ0v) is 11.3. The van der Waals surface area contributed by atoms with Crippen LogP contribution >= 0.6 is 0 Å². The Labute approximate surface area is 108 Å². The van der Waals surface area contributed by atoms with Crippen LogP contribution in [-0.4, -0.2) is 34.5 Å². The number of hydrogen-bond acceptors (Lipinski definition) is 4. The summed E-state index contributed by atoms with van der Waals surface area (Å²) >= 11 is 0. The lowest BCUT2D eigenvalue weighted by molar-refractivity contribution is 0.188. The maximum atomic E-state index is 12.1. The van der Waals surface area contributed by atoms with E-state index in [1.807, 2.05) is 12.1 Å². The van der Waals surface area contributed by atoms with Crippen molar-refractivity contribution in [2.24, 2.45) is 5.92 Å². The molecule has 4 nitrogen and oxygen atoms in total. The molecule has 2 rings (SSSR count). The first kappa shape index (κ1) is 13.4. The van der Waals surface area contributed by atoms with Gasteiger partial charge in [0.2, 0.25) is 0 Å². The molecule has 0 amide bonds. The third-order valence-electron chi connectivity index (χ3n) is 3.03. The lowest BCUT2D eigenvalue weighted by Gasteiger charge is -2.09. The van der Waals surface area contributed by atoms with Crippen LogP contribution in [0.3, 0.4) is 0 Å². The SMILES string of the molecule is COc1cccc(CS(=O)(=O)CC2CCOC2)c1. The van der Waals surface area contributed by atoms with Crippen molar-refractivity contribution in [2.45, 2.75) is 12.2 Å². The molecule has 1 unspecified atom stereocenters. The molecule has 0 bridgehead atoms. The highest BCUT2D eigenvalue weighted by atomic mass is 32.2. The minimum Gasteiger partial charge on any atom is -0.497 e. The summed E-state index contributed by atoms with van der Waals surface area (Å²) in [5.74, 6) is 1.12. The van der Waals surface area contributed by atoms with Gasteiger partial charge in [0, 0.05) is 6.61 Å². The van der Waals surface area contributed by atoms with Crippen molar-refractivity contribution in [1.29, 1.82) is 0 Å². The molecule has 0 N–H and O–H groups in total. The smallest absolute Gasteiger partial charge is 0.154 e. The first-order valence-electron chi connectivity index (χ1n) is 6.00. The van der Waals surface area contributed by atoms with E-state index in [2.05, 4.69) is 0 Å². The Hall–Kier alpha value is -1.07. The average molecular weight is 270 g/mol. The van der Waals surface area contributed by atoms with Gasteiger partial charge in [0.05, 0.1) is 25.2 Å². The molecule has 1 atom stereocenters. The van der Waals surface area contributed by atoms with Crippen molar-refractivity contribution in [3.8, 4) is 5.75 Å². The van der Waals surface area contributed by atoms with Gasteiger partial charge >= 0.3 is 0 Å². The van der Waals surface area contributed by atoms with Gasteiger partial charge in [-0.05, 0) is 30.0 Å². The third kappa shape index (κ3) is 3.71. The second kappa shape index (κ2) is 5.71. The standard InChI is InChI=1S/C13H18O4S/c1-16-13-4-2-3-11(7-13)9-18(14,15)10-12-5-6-17-8-12/h2-4,7,12H,5-6,8-10H2,1H3. The molecule has 0 spiro atoms. The van der Waals surface area contributed by atoms with E-state index in [9.17, 15) is 8.42 Å². The normalized spacial score (nSPS) is 19.9. The summed E-state index contributed by atoms with van der Waals surface area (Å²) in [6.45, 7) is 1.25. The Morgan fingerprint density at radius 2 is 2.28 bits per heavy atom. The van der Waals surface area contributed by atoms with Crippen LogP contribution in [0.4, 0.5) is 0 Å². The lowest BCUT2D eigenvalue weighted by Crippen LogP contribution is -2.18. The summed E-state index contributed by atoms with van der Waals surface area (Å²) in [6.07, 6.45) is 0.845. The molecular formula is C13H18O4S. The van der Waals surface area contributed by atoms with Gasteiger partial charge in [-0.25, -0.2) is 8.42 Å². The Morgan fingerprint density at radius 3 is 2.94 bits per heavy atom. The van der Waals surface area contributed by atoms with Gasteiger partial charge in [0.25, 0.3) is 0 Å². The minimum atomic E-state index is -3.08. The summed E-state index contributed by atoms with van der Waals surface area (Å²) in [5, 5.41) is 0. The highest BCUT2D eigenvalue weighted by Crippen LogP contribution is 2.19. The fourth-order valence-electron chi connectivity index (χ4n) is 2.15. The Balaban J connectivity index is 2.02. The topological polar surface area (TPSA) is 52.6 Å². The van der Waals surface area contributed by atoms with E-state index in [4.69, 9.17) is 9.47 Å². The van der Waals surface area contributed by atoms with Crippen LogP contribution in [-0.2, 0) is 20.3 Å². The zero-order chi connectivity index (χ0) is 13.0. The van der Waals surface area contributed by atoms with Crippen LogP contribution in [0.2, 0.25) is 0 Å². The first-order valence-corrected chi connectivity index (χ1v) is 7.82. The molecule has 1 heterocycles. The highest BCUT2D eigenvalue weighted by molar-refractivity contribution is 7.90. The van der Waals surface area contributed by atoms with Crippen LogP contribution < -0.4 is 4.74 Å². The molecule has 18 heavy (non-hydrogen) atoms. The molecule has 1 saturated heterocycles. The predicted octanol–water partition coefficient (Wildman–Crippen LogP) is 1.65. The van der Waals surface area contributed by atoms with Crippen LogP contribution in [0.5, 0.6) is 5.75 Å². The number of rotatable bonds is 5. The molecule has 0 saturated carbocycles. The maximum absolute atomic E-state index is 12.1. The van der Waals surface area contributed by atoms with E-state index < -0.39 is 9.84 Å². The van der Waals surface area contributed by atoms with Crippen molar-refractivity contribution in [1.82, 2.24) is 0 Å². The molecule has 1 aliphatic rings. The first-order chi connectivity index (χ1) is 8.59. The summed E-state index contributed by atoms with van der Waals surface area (Å²) in [6, 6.07) is 7.19. The Morgan fingerprint density at radius 1 is 1.44 bits per heavy atom. The second-order valence-corrected chi connectivity index (χ2v) is 6.74. The van der Waals surface area contributed by atoms with Gasteiger partial charge in [-0.2, -0.15) is 0 Å². The average Bonchev–Trinajstić information content (AvgIpc) is 2.80. The number of hydrogen-bond donors (Lipinski definition) is 0. The summed E-state index contributed by atoms with van der Waals surface area (Å²) in [5.41, 5.74) is 0.772. The van der Waals surface area contributed by atoms with Crippen LogP contribution in [0.15, 0.2) is 24.3 Å². The highest BCUT2D eigenvalue weighted by Gasteiger charge is 2.23. The van der Waals surface area contributed by atoms with Gasteiger partial charge in [-0.15, -0.1) is 0 Å². The Kier molecular flexibility index (Phi) is 4.24. The van der Waals surface area contributed by atoms with Gasteiger partial charge in [-0.3, -0.25) is 0 Å². The van der Waals surface area contributed by atoms with Gasteiger partial charge in [-0.1, -0.05) is 12.1 Å². The molecular weight excluding hydrogens is 252 g/mol. The predicted molar refractivity (Wildman–Crippen MR) is 69.4 cm³/mol. The van der Waals surface area contributed by atoms with Crippen molar-refractivity contribution in [2.75, 3.05) is 26.1 Å². The third-order valence-corrected chi connectivity index (χ3v) is 4.79. The zero-order valence-electron chi connectivity index (χ0n) is 10.5. The summed E-state index contributed by atoms with van der Waals surface area (Å²) in [7, 11) is -1.51. The van der Waals surface area contributed by atoms with Gasteiger partial charge in [0.15, 0.2) is 9.84 Å². The van der Waals surface area contributed by atoms with Gasteiger partial charge < -0.3 is 9.47 Å². The quantitative estimate of drug-likeness (QED) is 0.816. The van der Waals surface area contributed by atoms with E-state index in [-0.39, 0.29) is 17.4 Å². The van der Waals surface area contributed by atoms with E-state index in [1.54, 1.807) is 19.2 Å². The van der Waals surface area contributed by atoms with Crippen molar-refractivity contribution < 1.29 is 17.9 Å². The molecule has 1 fully saturated rings. The largest absolute Gasteiger partial charge is 0.497 e. The summed E-state index contributed by atoms with van der Waals surface area (Å²) in [4.78, 5) is 0. The molecule has 5 heteroatoms. The maximum Gasteiger partial charge on any atom is 0.154 e. The fourth-order valence-corrected chi connectivity index (χ4v) is 3.94. The molecule has 0 radical (unpaired) electrons. The number of sulfone groups is 1. The van der Waals surface area contributed by atoms with E-state index in [1.165, 1.54) is 0 Å². The second-order valence-electron chi connectivity index (χ2n) is 4.64. The molecule has 1 aliphatic heterocycles. The van der Waals surface area contributed by atoms with Crippen LogP contribution in [0, 0.1) is 5.92 Å². The summed E-state index contributed by atoms with van der Waals surface area (Å²) < 4.78 is 34.4. The van der Waals surface area contributed by atoms with Crippen molar-refractivity contribution >= 4 is 9.84 Å². The Bertz CT molecular complexity index is 489. The van der Waals surface area contributed by atoms with Crippen LogP contribution in [0.25, 0.3) is 0 Å². The molecule has 1 aromatic rings. The number of benzene rings is 1. The fraction of sp³-hybridized carbons (Fsp3) is 0.538. The molecule has 0 aliphatic carbocycles. The molecule has 0 aromatic heterocycles. The lowest BCUT2D eigenvalue weighted by atomic mass is 10.2. The van der Waals surface area contributed by atoms with Crippen LogP contribution in [0.1, 0.15) is 12.0 Å². The van der Waals surface area contributed by atoms with Crippen molar-refractivity contribution in [3.63, 3.8) is 0 Å². The van der Waals surface area contributed by atoms with Crippen molar-refractivity contribution in [3.05, 3.63) is 29.8 Å².